The lowest BCUT2D eigenvalue weighted by molar-refractivity contribution is -0.00177. The number of aromatic nitrogens is 5. The maximum Gasteiger partial charge on any atom is 0.255 e. The summed E-state index contributed by atoms with van der Waals surface area (Å²) in [6.07, 6.45) is 5.98. The fourth-order valence-electron chi connectivity index (χ4n) is 4.74. The third-order valence-electron chi connectivity index (χ3n) is 7.06. The van der Waals surface area contributed by atoms with Crippen LogP contribution in [0.25, 0.3) is 16.9 Å². The van der Waals surface area contributed by atoms with Gasteiger partial charge in [0.25, 0.3) is 5.91 Å². The Balaban J connectivity index is 1.41. The van der Waals surface area contributed by atoms with Crippen LogP contribution >= 0.6 is 0 Å². The maximum atomic E-state index is 14.3. The minimum absolute atomic E-state index is 0.0802. The Labute approximate surface area is 224 Å². The van der Waals surface area contributed by atoms with E-state index in [1.165, 1.54) is 32.6 Å². The summed E-state index contributed by atoms with van der Waals surface area (Å²) in [5.41, 5.74) is 1.69. The molecule has 3 N–H and O–H groups in total. The molecule has 0 aromatic carbocycles. The highest BCUT2D eigenvalue weighted by Gasteiger charge is 2.29. The van der Waals surface area contributed by atoms with Gasteiger partial charge in [0.15, 0.2) is 0 Å². The number of fused-ring (bicyclic) bond motifs is 1. The summed E-state index contributed by atoms with van der Waals surface area (Å²) in [5.74, 6) is 0.334. The quantitative estimate of drug-likeness (QED) is 0.309. The van der Waals surface area contributed by atoms with Gasteiger partial charge in [0.2, 0.25) is 12.3 Å². The number of carbonyl (C=O) groups is 1. The summed E-state index contributed by atoms with van der Waals surface area (Å²) in [6.45, 7) is 2.37. The molecule has 0 unspecified atom stereocenters. The molecule has 4 aromatic rings. The third-order valence-corrected chi connectivity index (χ3v) is 7.06. The number of alkyl halides is 1. The molecule has 1 fully saturated rings. The molecule has 0 saturated heterocycles. The van der Waals surface area contributed by atoms with Gasteiger partial charge in [-0.05, 0) is 63.8 Å². The highest BCUT2D eigenvalue weighted by molar-refractivity contribution is 6.00. The first-order valence-electron chi connectivity index (χ1n) is 12.8. The number of amides is 1. The van der Waals surface area contributed by atoms with Gasteiger partial charge in [0.1, 0.15) is 12.2 Å². The molecular formula is C27H29FN8O3. The molecule has 4 aromatic heterocycles. The minimum Gasteiger partial charge on any atom is -0.428 e. The van der Waals surface area contributed by atoms with Gasteiger partial charge in [-0.3, -0.25) is 9.78 Å². The van der Waals surface area contributed by atoms with Gasteiger partial charge in [-0.2, -0.15) is 10.4 Å². The van der Waals surface area contributed by atoms with E-state index in [0.717, 1.165) is 31.2 Å². The zero-order valence-electron chi connectivity index (χ0n) is 21.6. The van der Waals surface area contributed by atoms with Crippen LogP contribution in [0, 0.1) is 11.3 Å². The van der Waals surface area contributed by atoms with E-state index in [-0.39, 0.29) is 24.1 Å². The molecule has 1 saturated carbocycles. The van der Waals surface area contributed by atoms with E-state index < -0.39 is 17.7 Å². The van der Waals surface area contributed by atoms with E-state index in [9.17, 15) is 19.6 Å². The highest BCUT2D eigenvalue weighted by Crippen LogP contribution is 2.34. The number of nitriles is 1. The van der Waals surface area contributed by atoms with E-state index in [4.69, 9.17) is 4.42 Å². The Morgan fingerprint density at radius 3 is 2.77 bits per heavy atom. The number of pyridine rings is 1. The van der Waals surface area contributed by atoms with Crippen LogP contribution in [-0.2, 0) is 0 Å². The molecule has 1 amide bonds. The first kappa shape index (κ1) is 26.2. The number of anilines is 1. The molecule has 1 aliphatic carbocycles. The van der Waals surface area contributed by atoms with Crippen LogP contribution in [0.4, 0.5) is 10.1 Å². The number of hydrogen-bond acceptors (Lipinski definition) is 9. The van der Waals surface area contributed by atoms with Crippen LogP contribution in [0.15, 0.2) is 47.5 Å². The molecule has 5 rings (SSSR count). The van der Waals surface area contributed by atoms with Gasteiger partial charge in [-0.1, -0.05) is 0 Å². The Bertz CT molecular complexity index is 1500. The molecule has 39 heavy (non-hydrogen) atoms. The van der Waals surface area contributed by atoms with E-state index in [0.29, 0.717) is 28.5 Å². The van der Waals surface area contributed by atoms with Gasteiger partial charge in [0.05, 0.1) is 52.1 Å². The van der Waals surface area contributed by atoms with Crippen molar-refractivity contribution in [2.24, 2.45) is 0 Å². The van der Waals surface area contributed by atoms with Crippen molar-refractivity contribution in [2.75, 3.05) is 11.9 Å². The molecule has 11 nitrogen and oxygen atoms in total. The number of carbonyl (C=O) groups excluding carboxylic acids is 1. The van der Waals surface area contributed by atoms with Crippen molar-refractivity contribution in [1.29, 1.82) is 5.26 Å². The zero-order valence-corrected chi connectivity index (χ0v) is 21.6. The van der Waals surface area contributed by atoms with Crippen molar-refractivity contribution in [3.8, 4) is 17.5 Å². The second-order valence-corrected chi connectivity index (χ2v) is 10.3. The molecule has 1 aliphatic rings. The molecule has 0 bridgehead atoms. The Hall–Kier alpha value is -4.37. The van der Waals surface area contributed by atoms with Crippen LogP contribution in [0.1, 0.15) is 67.3 Å². The lowest BCUT2D eigenvalue weighted by Crippen LogP contribution is -2.42. The van der Waals surface area contributed by atoms with Crippen LogP contribution in [0.2, 0.25) is 0 Å². The van der Waals surface area contributed by atoms with E-state index in [2.05, 4.69) is 37.0 Å². The highest BCUT2D eigenvalue weighted by atomic mass is 19.1. The number of aliphatic hydroxyl groups is 1. The number of nitrogens with zero attached hydrogens (tertiary/aromatic N) is 6. The summed E-state index contributed by atoms with van der Waals surface area (Å²) in [6, 6.07) is 9.37. The molecule has 0 aliphatic heterocycles. The number of nitrogens with one attached hydrogen (secondary N) is 2. The normalized spacial score (nSPS) is 18.4. The topological polar surface area (TPSA) is 154 Å². The SMILES string of the molecule is CC(C)(O)[C@H](F)CNC(=O)c1cnc(-c2ccc3cc(C#N)cnn23)cc1NC1CCC(c2nnco2)CC1. The van der Waals surface area contributed by atoms with Crippen molar-refractivity contribution >= 4 is 17.1 Å². The van der Waals surface area contributed by atoms with Crippen molar-refractivity contribution in [3.63, 3.8) is 0 Å². The summed E-state index contributed by atoms with van der Waals surface area (Å²) in [5, 5.41) is 37.3. The van der Waals surface area contributed by atoms with Gasteiger partial charge < -0.3 is 20.2 Å². The number of hydrogen-bond donors (Lipinski definition) is 3. The van der Waals surface area contributed by atoms with E-state index in [1.807, 2.05) is 12.1 Å². The predicted octanol–water partition coefficient (Wildman–Crippen LogP) is 3.63. The fourth-order valence-corrected chi connectivity index (χ4v) is 4.74. The van der Waals surface area contributed by atoms with Crippen molar-refractivity contribution in [2.45, 2.75) is 63.3 Å². The van der Waals surface area contributed by atoms with Crippen molar-refractivity contribution in [3.05, 3.63) is 60.1 Å². The first-order valence-corrected chi connectivity index (χ1v) is 12.8. The summed E-state index contributed by atoms with van der Waals surface area (Å²) in [7, 11) is 0. The standard InChI is InChI=1S/C27H29FN8O3/c1-27(2,38)24(28)14-31-25(37)20-13-30-22(23-8-7-19-9-16(11-29)12-33-36(19)23)10-21(20)34-18-5-3-17(4-6-18)26-35-32-15-39-26/h7-10,12-13,15,17-18,24,38H,3-6,14H2,1-2H3,(H,30,34)(H,31,37)/t17?,18?,24-/m1/s1. The second-order valence-electron chi connectivity index (χ2n) is 10.3. The minimum atomic E-state index is -1.64. The second kappa shape index (κ2) is 10.8. The Kier molecular flexibility index (Phi) is 7.26. The lowest BCUT2D eigenvalue weighted by atomic mass is 9.86. The maximum absolute atomic E-state index is 14.3. The first-order chi connectivity index (χ1) is 18.7. The summed E-state index contributed by atoms with van der Waals surface area (Å²) < 4.78 is 21.4. The molecule has 0 spiro atoms. The number of rotatable bonds is 8. The van der Waals surface area contributed by atoms with Crippen LogP contribution < -0.4 is 10.6 Å². The van der Waals surface area contributed by atoms with Gasteiger partial charge >= 0.3 is 0 Å². The zero-order chi connectivity index (χ0) is 27.6. The Morgan fingerprint density at radius 1 is 1.28 bits per heavy atom. The molecule has 202 valence electrons. The monoisotopic (exact) mass is 532 g/mol. The van der Waals surface area contributed by atoms with Crippen molar-refractivity contribution < 1.29 is 18.7 Å². The van der Waals surface area contributed by atoms with Gasteiger partial charge in [0, 0.05) is 18.2 Å². The summed E-state index contributed by atoms with van der Waals surface area (Å²) in [4.78, 5) is 17.6. The molecule has 1 atom stereocenters. The molecule has 4 heterocycles. The molecular weight excluding hydrogens is 503 g/mol. The van der Waals surface area contributed by atoms with Crippen molar-refractivity contribution in [1.82, 2.24) is 30.1 Å². The predicted molar refractivity (Wildman–Crippen MR) is 140 cm³/mol. The smallest absolute Gasteiger partial charge is 0.255 e. The van der Waals surface area contributed by atoms with Gasteiger partial charge in [-0.15, -0.1) is 10.2 Å². The third kappa shape index (κ3) is 5.73. The fraction of sp³-hybridized carbons (Fsp3) is 0.407. The number of halogens is 1. The van der Waals surface area contributed by atoms with E-state index >= 15 is 0 Å². The lowest BCUT2D eigenvalue weighted by Gasteiger charge is -2.29. The van der Waals surface area contributed by atoms with E-state index in [1.54, 1.807) is 16.6 Å². The van der Waals surface area contributed by atoms with Crippen LogP contribution in [0.3, 0.4) is 0 Å². The average molecular weight is 533 g/mol. The Morgan fingerprint density at radius 2 is 2.08 bits per heavy atom. The average Bonchev–Trinajstić information content (AvgIpc) is 3.61. The molecule has 0 radical (unpaired) electrons. The van der Waals surface area contributed by atoms with Crippen LogP contribution in [0.5, 0.6) is 0 Å². The van der Waals surface area contributed by atoms with Gasteiger partial charge in [-0.25, -0.2) is 8.91 Å². The van der Waals surface area contributed by atoms with Crippen LogP contribution in [-0.4, -0.2) is 60.2 Å². The molecule has 12 heteroatoms. The largest absolute Gasteiger partial charge is 0.428 e. The summed E-state index contributed by atoms with van der Waals surface area (Å²) >= 11 is 0.